The van der Waals surface area contributed by atoms with Crippen LogP contribution in [0.25, 0.3) is 0 Å². The van der Waals surface area contributed by atoms with Crippen LogP contribution >= 0.6 is 23.4 Å². The maximum Gasteiger partial charge on any atom is 0.224 e. The van der Waals surface area contributed by atoms with Gasteiger partial charge in [0.15, 0.2) is 5.82 Å². The minimum atomic E-state index is 0.248. The summed E-state index contributed by atoms with van der Waals surface area (Å²) in [6.07, 6.45) is 5.80. The van der Waals surface area contributed by atoms with Crippen molar-refractivity contribution in [3.05, 3.63) is 11.0 Å². The first kappa shape index (κ1) is 12.8. The number of nitrogen functional groups attached to an aromatic ring is 1. The normalized spacial score (nSPS) is 23.9. The Kier molecular flexibility index (Phi) is 3.99. The van der Waals surface area contributed by atoms with Crippen LogP contribution in [-0.2, 0) is 0 Å². The summed E-state index contributed by atoms with van der Waals surface area (Å²) >= 11 is 7.75. The van der Waals surface area contributed by atoms with Crippen LogP contribution in [0.3, 0.4) is 0 Å². The fourth-order valence-corrected chi connectivity index (χ4v) is 3.35. The SMILES string of the molecule is CSC1CCCC1Nc1nc(Cl)nc(C)c1N. The van der Waals surface area contributed by atoms with E-state index in [1.54, 1.807) is 0 Å². The van der Waals surface area contributed by atoms with Gasteiger partial charge < -0.3 is 11.1 Å². The number of nitrogens with zero attached hydrogens (tertiary/aromatic N) is 2. The summed E-state index contributed by atoms with van der Waals surface area (Å²) in [7, 11) is 0. The van der Waals surface area contributed by atoms with Gasteiger partial charge >= 0.3 is 0 Å². The molecule has 1 heterocycles. The van der Waals surface area contributed by atoms with Crippen molar-refractivity contribution >= 4 is 34.9 Å². The van der Waals surface area contributed by atoms with Crippen molar-refractivity contribution in [1.29, 1.82) is 0 Å². The quantitative estimate of drug-likeness (QED) is 0.829. The molecule has 0 radical (unpaired) electrons. The van der Waals surface area contributed by atoms with Crippen molar-refractivity contribution in [2.75, 3.05) is 17.3 Å². The second-order valence-corrected chi connectivity index (χ2v) is 5.71. The van der Waals surface area contributed by atoms with E-state index in [0.29, 0.717) is 22.8 Å². The molecule has 1 aliphatic carbocycles. The van der Waals surface area contributed by atoms with E-state index in [1.165, 1.54) is 12.8 Å². The van der Waals surface area contributed by atoms with Gasteiger partial charge in [0.25, 0.3) is 0 Å². The number of anilines is 2. The Morgan fingerprint density at radius 3 is 2.88 bits per heavy atom. The van der Waals surface area contributed by atoms with Crippen molar-refractivity contribution in [3.8, 4) is 0 Å². The van der Waals surface area contributed by atoms with Crippen molar-refractivity contribution in [2.45, 2.75) is 37.5 Å². The molecule has 1 aromatic rings. The minimum Gasteiger partial charge on any atom is -0.394 e. The van der Waals surface area contributed by atoms with Crippen LogP contribution in [0.2, 0.25) is 5.28 Å². The lowest BCUT2D eigenvalue weighted by Gasteiger charge is -2.21. The molecule has 0 saturated heterocycles. The van der Waals surface area contributed by atoms with E-state index < -0.39 is 0 Å². The van der Waals surface area contributed by atoms with Crippen molar-refractivity contribution in [3.63, 3.8) is 0 Å². The average Bonchev–Trinajstić information content (AvgIpc) is 2.72. The van der Waals surface area contributed by atoms with Crippen LogP contribution in [0.5, 0.6) is 0 Å². The number of hydrogen-bond acceptors (Lipinski definition) is 5. The first-order chi connectivity index (χ1) is 8.11. The molecular weight excluding hydrogens is 256 g/mol. The van der Waals surface area contributed by atoms with Crippen LogP contribution in [-0.4, -0.2) is 27.5 Å². The van der Waals surface area contributed by atoms with Crippen molar-refractivity contribution in [2.24, 2.45) is 0 Å². The Morgan fingerprint density at radius 2 is 2.18 bits per heavy atom. The topological polar surface area (TPSA) is 63.8 Å². The third-order valence-electron chi connectivity index (χ3n) is 3.19. The van der Waals surface area contributed by atoms with Gasteiger partial charge in [-0.3, -0.25) is 0 Å². The predicted molar refractivity (Wildman–Crippen MR) is 74.8 cm³/mol. The molecule has 4 nitrogen and oxygen atoms in total. The zero-order valence-electron chi connectivity index (χ0n) is 10.0. The molecule has 17 heavy (non-hydrogen) atoms. The second kappa shape index (κ2) is 5.31. The van der Waals surface area contributed by atoms with Crippen LogP contribution in [0.1, 0.15) is 25.0 Å². The molecule has 1 saturated carbocycles. The minimum absolute atomic E-state index is 0.248. The molecule has 1 aliphatic rings. The van der Waals surface area contributed by atoms with Gasteiger partial charge in [0.2, 0.25) is 5.28 Å². The van der Waals surface area contributed by atoms with Gasteiger partial charge in [0.1, 0.15) is 0 Å². The van der Waals surface area contributed by atoms with Crippen LogP contribution in [0, 0.1) is 6.92 Å². The number of nitrogens with two attached hydrogens (primary N) is 1. The molecule has 6 heteroatoms. The van der Waals surface area contributed by atoms with E-state index in [2.05, 4.69) is 21.5 Å². The maximum atomic E-state index is 5.96. The molecule has 2 rings (SSSR count). The molecule has 3 N–H and O–H groups in total. The van der Waals surface area contributed by atoms with Crippen LogP contribution in [0.4, 0.5) is 11.5 Å². The number of aromatic nitrogens is 2. The zero-order chi connectivity index (χ0) is 12.4. The highest BCUT2D eigenvalue weighted by molar-refractivity contribution is 7.99. The largest absolute Gasteiger partial charge is 0.394 e. The zero-order valence-corrected chi connectivity index (χ0v) is 11.6. The van der Waals surface area contributed by atoms with Gasteiger partial charge in [0.05, 0.1) is 11.4 Å². The molecule has 0 aliphatic heterocycles. The summed E-state index contributed by atoms with van der Waals surface area (Å²) in [5.74, 6) is 0.674. The smallest absolute Gasteiger partial charge is 0.224 e. The van der Waals surface area contributed by atoms with Gasteiger partial charge in [-0.2, -0.15) is 16.7 Å². The molecule has 94 valence electrons. The molecule has 0 amide bonds. The van der Waals surface area contributed by atoms with E-state index >= 15 is 0 Å². The highest BCUT2D eigenvalue weighted by atomic mass is 35.5. The van der Waals surface area contributed by atoms with E-state index in [4.69, 9.17) is 17.3 Å². The Hall–Kier alpha value is -0.680. The lowest BCUT2D eigenvalue weighted by Crippen LogP contribution is -2.27. The summed E-state index contributed by atoms with van der Waals surface area (Å²) in [5.41, 5.74) is 7.29. The molecule has 1 fully saturated rings. The third kappa shape index (κ3) is 2.77. The number of halogens is 1. The molecule has 2 atom stereocenters. The lowest BCUT2D eigenvalue weighted by molar-refractivity contribution is 0.763. The van der Waals surface area contributed by atoms with Gasteiger partial charge in [-0.25, -0.2) is 4.98 Å². The highest BCUT2D eigenvalue weighted by Crippen LogP contribution is 2.32. The third-order valence-corrected chi connectivity index (χ3v) is 4.53. The molecule has 0 bridgehead atoms. The summed E-state index contributed by atoms with van der Waals surface area (Å²) < 4.78 is 0. The first-order valence-electron chi connectivity index (χ1n) is 5.70. The van der Waals surface area contributed by atoms with Gasteiger partial charge in [0, 0.05) is 11.3 Å². The summed E-state index contributed by atoms with van der Waals surface area (Å²) in [4.78, 5) is 8.21. The van der Waals surface area contributed by atoms with E-state index in [0.717, 1.165) is 12.1 Å². The fourth-order valence-electron chi connectivity index (χ4n) is 2.21. The van der Waals surface area contributed by atoms with Gasteiger partial charge in [-0.05, 0) is 37.6 Å². The van der Waals surface area contributed by atoms with Crippen molar-refractivity contribution in [1.82, 2.24) is 9.97 Å². The summed E-state index contributed by atoms with van der Waals surface area (Å²) in [6.45, 7) is 1.84. The molecule has 1 aromatic heterocycles. The molecular formula is C11H17ClN4S. The van der Waals surface area contributed by atoms with Crippen LogP contribution in [0.15, 0.2) is 0 Å². The van der Waals surface area contributed by atoms with Gasteiger partial charge in [-0.15, -0.1) is 0 Å². The maximum absolute atomic E-state index is 5.96. The summed E-state index contributed by atoms with van der Waals surface area (Å²) in [6, 6.07) is 0.428. The Morgan fingerprint density at radius 1 is 1.41 bits per heavy atom. The first-order valence-corrected chi connectivity index (χ1v) is 7.37. The Labute approximate surface area is 111 Å². The highest BCUT2D eigenvalue weighted by Gasteiger charge is 2.27. The molecule has 0 spiro atoms. The Balaban J connectivity index is 2.18. The van der Waals surface area contributed by atoms with Crippen molar-refractivity contribution < 1.29 is 0 Å². The van der Waals surface area contributed by atoms with E-state index in [-0.39, 0.29) is 5.28 Å². The monoisotopic (exact) mass is 272 g/mol. The number of rotatable bonds is 3. The number of thioether (sulfide) groups is 1. The van der Waals surface area contributed by atoms with Gasteiger partial charge in [-0.1, -0.05) is 6.42 Å². The summed E-state index contributed by atoms with van der Waals surface area (Å²) in [5, 5.41) is 4.29. The lowest BCUT2D eigenvalue weighted by atomic mass is 10.2. The molecule has 0 aromatic carbocycles. The predicted octanol–water partition coefficient (Wildman–Crippen LogP) is 2.72. The second-order valence-electron chi connectivity index (χ2n) is 4.30. The van der Waals surface area contributed by atoms with E-state index in [9.17, 15) is 0 Å². The van der Waals surface area contributed by atoms with Crippen LogP contribution < -0.4 is 11.1 Å². The Bertz CT molecular complexity index is 413. The number of aryl methyl sites for hydroxylation is 1. The fraction of sp³-hybridized carbons (Fsp3) is 0.636. The number of nitrogens with one attached hydrogen (secondary N) is 1. The number of hydrogen-bond donors (Lipinski definition) is 2. The average molecular weight is 273 g/mol. The standard InChI is InChI=1S/C11H17ClN4S/c1-6-9(13)10(16-11(12)14-6)15-7-4-3-5-8(7)17-2/h7-8H,3-5,13H2,1-2H3,(H,14,15,16). The molecule has 2 unspecified atom stereocenters. The van der Waals surface area contributed by atoms with E-state index in [1.807, 2.05) is 18.7 Å².